The largest absolute Gasteiger partial charge is 0.480 e. The lowest BCUT2D eigenvalue weighted by molar-refractivity contribution is -0.149. The van der Waals surface area contributed by atoms with E-state index in [1.807, 2.05) is 30.3 Å². The number of hydrogen-bond donors (Lipinski definition) is 1. The number of carboxylic acid groups (broad SMARTS) is 1. The topological polar surface area (TPSA) is 66.8 Å². The molecule has 1 unspecified atom stereocenters. The van der Waals surface area contributed by atoms with Crippen LogP contribution in [0, 0.1) is 0 Å². The van der Waals surface area contributed by atoms with E-state index in [0.29, 0.717) is 26.1 Å². The number of hydrogen-bond acceptors (Lipinski definition) is 3. The van der Waals surface area contributed by atoms with E-state index in [0.717, 1.165) is 5.56 Å². The number of amides is 1. The molecule has 0 aromatic heterocycles. The van der Waals surface area contributed by atoms with Crippen LogP contribution < -0.4 is 0 Å². The summed E-state index contributed by atoms with van der Waals surface area (Å²) < 4.78 is 5.21. The number of likely N-dealkylation sites (N-methyl/N-ethyl adjacent to an activating group) is 1. The second kappa shape index (κ2) is 9.73. The van der Waals surface area contributed by atoms with E-state index < -0.39 is 12.0 Å². The molecule has 0 aliphatic carbocycles. The fourth-order valence-electron chi connectivity index (χ4n) is 2.07. The van der Waals surface area contributed by atoms with Crippen LogP contribution in [-0.4, -0.2) is 48.2 Å². The van der Waals surface area contributed by atoms with Crippen LogP contribution in [0.4, 0.5) is 0 Å². The molecule has 1 aromatic rings. The number of aliphatic carboxylic acids is 1. The monoisotopic (exact) mass is 305 g/mol. The molecular weight excluding hydrogens is 282 g/mol. The van der Waals surface area contributed by atoms with Crippen LogP contribution in [-0.2, 0) is 20.7 Å². The van der Waals surface area contributed by atoms with Gasteiger partial charge in [0.1, 0.15) is 6.04 Å². The maximum atomic E-state index is 12.1. The third kappa shape index (κ3) is 6.10. The predicted molar refractivity (Wildman–Crippen MR) is 84.6 cm³/mol. The van der Waals surface area contributed by atoms with Crippen LogP contribution in [0.15, 0.2) is 43.0 Å². The Hall–Kier alpha value is -2.14. The van der Waals surface area contributed by atoms with Gasteiger partial charge in [-0.2, -0.15) is 0 Å². The Kier molecular flexibility index (Phi) is 7.92. The molecule has 0 fully saturated rings. The van der Waals surface area contributed by atoms with E-state index >= 15 is 0 Å². The summed E-state index contributed by atoms with van der Waals surface area (Å²) in [5.74, 6) is -1.19. The quantitative estimate of drug-likeness (QED) is 0.531. The average Bonchev–Trinajstić information content (AvgIpc) is 2.52. The van der Waals surface area contributed by atoms with Crippen molar-refractivity contribution in [3.8, 4) is 0 Å². The van der Waals surface area contributed by atoms with Crippen molar-refractivity contribution in [3.63, 3.8) is 0 Å². The maximum Gasteiger partial charge on any atom is 0.326 e. The summed E-state index contributed by atoms with van der Waals surface area (Å²) >= 11 is 0. The minimum absolute atomic E-state index is 0.189. The van der Waals surface area contributed by atoms with Gasteiger partial charge in [-0.05, 0) is 12.0 Å². The first-order chi connectivity index (χ1) is 10.6. The molecule has 0 spiro atoms. The van der Waals surface area contributed by atoms with Crippen molar-refractivity contribution >= 4 is 11.9 Å². The van der Waals surface area contributed by atoms with Gasteiger partial charge >= 0.3 is 5.97 Å². The van der Waals surface area contributed by atoms with E-state index in [1.165, 1.54) is 11.9 Å². The van der Waals surface area contributed by atoms with Gasteiger partial charge in [0.05, 0.1) is 6.61 Å². The fourth-order valence-corrected chi connectivity index (χ4v) is 2.07. The van der Waals surface area contributed by atoms with Crippen molar-refractivity contribution in [2.45, 2.75) is 25.3 Å². The molecular formula is C17H23NO4. The minimum atomic E-state index is -0.998. The molecule has 1 amide bonds. The van der Waals surface area contributed by atoms with Gasteiger partial charge in [0.25, 0.3) is 0 Å². The van der Waals surface area contributed by atoms with Gasteiger partial charge in [-0.1, -0.05) is 36.4 Å². The van der Waals surface area contributed by atoms with Gasteiger partial charge in [0.15, 0.2) is 0 Å². The molecule has 0 saturated carbocycles. The summed E-state index contributed by atoms with van der Waals surface area (Å²) in [5.41, 5.74) is 0.892. The molecule has 0 bridgehead atoms. The van der Waals surface area contributed by atoms with Gasteiger partial charge in [-0.25, -0.2) is 4.79 Å². The Labute approximate surface area is 131 Å². The highest BCUT2D eigenvalue weighted by molar-refractivity contribution is 5.83. The second-order valence-corrected chi connectivity index (χ2v) is 5.02. The van der Waals surface area contributed by atoms with Gasteiger partial charge in [-0.15, -0.1) is 6.58 Å². The zero-order valence-corrected chi connectivity index (χ0v) is 12.9. The summed E-state index contributed by atoms with van der Waals surface area (Å²) in [5, 5.41) is 9.37. The van der Waals surface area contributed by atoms with E-state index in [9.17, 15) is 14.7 Å². The smallest absolute Gasteiger partial charge is 0.326 e. The Morgan fingerprint density at radius 2 is 2.05 bits per heavy atom. The highest BCUT2D eigenvalue weighted by Crippen LogP contribution is 2.10. The molecule has 5 heteroatoms. The molecule has 5 nitrogen and oxygen atoms in total. The first-order valence-electron chi connectivity index (χ1n) is 7.27. The van der Waals surface area contributed by atoms with Crippen LogP contribution in [0.2, 0.25) is 0 Å². The van der Waals surface area contributed by atoms with Gasteiger partial charge in [0.2, 0.25) is 5.91 Å². The first-order valence-corrected chi connectivity index (χ1v) is 7.27. The lowest BCUT2D eigenvalue weighted by Gasteiger charge is -2.25. The standard InChI is InChI=1S/C17H23NO4/c1-3-11-22-12-7-10-16(19)18(2)15(17(20)21)13-14-8-5-4-6-9-14/h3-6,8-9,15H,1,7,10-13H2,2H3,(H,20,21). The molecule has 120 valence electrons. The number of ether oxygens (including phenoxy) is 1. The molecule has 22 heavy (non-hydrogen) atoms. The number of carbonyl (C=O) groups excluding carboxylic acids is 1. The van der Waals surface area contributed by atoms with E-state index in [-0.39, 0.29) is 12.3 Å². The normalized spacial score (nSPS) is 11.7. The fraction of sp³-hybridized carbons (Fsp3) is 0.412. The Balaban J connectivity index is 2.53. The van der Waals surface area contributed by atoms with E-state index in [1.54, 1.807) is 6.08 Å². The third-order valence-electron chi connectivity index (χ3n) is 3.33. The molecule has 1 atom stereocenters. The lowest BCUT2D eigenvalue weighted by atomic mass is 10.0. The SMILES string of the molecule is C=CCOCCCC(=O)N(C)C(Cc1ccccc1)C(=O)O. The molecule has 1 aromatic carbocycles. The summed E-state index contributed by atoms with van der Waals surface area (Å²) in [6.07, 6.45) is 2.78. The summed E-state index contributed by atoms with van der Waals surface area (Å²) in [4.78, 5) is 24.8. The van der Waals surface area contributed by atoms with Gasteiger partial charge in [-0.3, -0.25) is 4.79 Å². The Morgan fingerprint density at radius 1 is 1.36 bits per heavy atom. The van der Waals surface area contributed by atoms with Crippen molar-refractivity contribution in [2.24, 2.45) is 0 Å². The first kappa shape index (κ1) is 17.9. The second-order valence-electron chi connectivity index (χ2n) is 5.02. The van der Waals surface area contributed by atoms with Gasteiger partial charge < -0.3 is 14.7 Å². The number of benzene rings is 1. The van der Waals surface area contributed by atoms with Gasteiger partial charge in [0, 0.05) is 26.5 Å². The van der Waals surface area contributed by atoms with Crippen molar-refractivity contribution in [2.75, 3.05) is 20.3 Å². The molecule has 1 rings (SSSR count). The molecule has 0 saturated heterocycles. The maximum absolute atomic E-state index is 12.1. The third-order valence-corrected chi connectivity index (χ3v) is 3.33. The Bertz CT molecular complexity index is 487. The van der Waals surface area contributed by atoms with Crippen molar-refractivity contribution < 1.29 is 19.4 Å². The molecule has 0 heterocycles. The van der Waals surface area contributed by atoms with Crippen LogP contribution >= 0.6 is 0 Å². The van der Waals surface area contributed by atoms with Crippen LogP contribution in [0.3, 0.4) is 0 Å². The molecule has 0 radical (unpaired) electrons. The van der Waals surface area contributed by atoms with Crippen molar-refractivity contribution in [1.29, 1.82) is 0 Å². The zero-order chi connectivity index (χ0) is 16.4. The number of rotatable bonds is 10. The highest BCUT2D eigenvalue weighted by Gasteiger charge is 2.26. The number of carbonyl (C=O) groups is 2. The number of carboxylic acids is 1. The average molecular weight is 305 g/mol. The highest BCUT2D eigenvalue weighted by atomic mass is 16.5. The van der Waals surface area contributed by atoms with Crippen molar-refractivity contribution in [3.05, 3.63) is 48.6 Å². The van der Waals surface area contributed by atoms with E-state index in [4.69, 9.17) is 4.74 Å². The molecule has 1 N–H and O–H groups in total. The minimum Gasteiger partial charge on any atom is -0.480 e. The number of nitrogens with zero attached hydrogens (tertiary/aromatic N) is 1. The predicted octanol–water partition coefficient (Wildman–Crippen LogP) is 2.12. The van der Waals surface area contributed by atoms with Crippen LogP contribution in [0.1, 0.15) is 18.4 Å². The molecule has 0 aliphatic rings. The van der Waals surface area contributed by atoms with Crippen LogP contribution in [0.5, 0.6) is 0 Å². The lowest BCUT2D eigenvalue weighted by Crippen LogP contribution is -2.43. The Morgan fingerprint density at radius 3 is 2.64 bits per heavy atom. The van der Waals surface area contributed by atoms with E-state index in [2.05, 4.69) is 6.58 Å². The summed E-state index contributed by atoms with van der Waals surface area (Å²) in [6, 6.07) is 8.44. The van der Waals surface area contributed by atoms with Crippen molar-refractivity contribution in [1.82, 2.24) is 4.90 Å². The van der Waals surface area contributed by atoms with Crippen LogP contribution in [0.25, 0.3) is 0 Å². The molecule has 0 aliphatic heterocycles. The zero-order valence-electron chi connectivity index (χ0n) is 12.9. The summed E-state index contributed by atoms with van der Waals surface area (Å²) in [6.45, 7) is 4.45. The summed E-state index contributed by atoms with van der Waals surface area (Å²) in [7, 11) is 1.54.